The summed E-state index contributed by atoms with van der Waals surface area (Å²) in [6.07, 6.45) is 3.25. The van der Waals surface area contributed by atoms with Gasteiger partial charge in [-0.15, -0.1) is 0 Å². The second kappa shape index (κ2) is 5.86. The molecule has 0 atom stereocenters. The van der Waals surface area contributed by atoms with Crippen LogP contribution in [0.3, 0.4) is 0 Å². The van der Waals surface area contributed by atoms with Crippen molar-refractivity contribution in [3.8, 4) is 17.6 Å². The first kappa shape index (κ1) is 13.5. The largest absolute Gasteiger partial charge is 0.486 e. The van der Waals surface area contributed by atoms with Crippen LogP contribution in [-0.2, 0) is 0 Å². The fourth-order valence-corrected chi connectivity index (χ4v) is 2.35. The molecule has 1 aliphatic heterocycles. The Morgan fingerprint density at radius 2 is 1.76 bits per heavy atom. The van der Waals surface area contributed by atoms with E-state index in [0.29, 0.717) is 40.9 Å². The number of halogens is 1. The molecule has 0 N–H and O–H groups in total. The fraction of sp³-hybridized carbons (Fsp3) is 0.125. The zero-order chi connectivity index (χ0) is 14.7. The second-order valence-electron chi connectivity index (χ2n) is 4.40. The van der Waals surface area contributed by atoms with E-state index < -0.39 is 0 Å². The number of nitrogens with zero attached hydrogens (tertiary/aromatic N) is 2. The van der Waals surface area contributed by atoms with Crippen molar-refractivity contribution in [2.75, 3.05) is 13.2 Å². The van der Waals surface area contributed by atoms with Gasteiger partial charge in [-0.2, -0.15) is 5.26 Å². The van der Waals surface area contributed by atoms with Gasteiger partial charge in [0.2, 0.25) is 0 Å². The van der Waals surface area contributed by atoms with Crippen LogP contribution in [0.25, 0.3) is 10.6 Å². The van der Waals surface area contributed by atoms with Crippen LogP contribution >= 0.6 is 11.6 Å². The Kier molecular flexibility index (Phi) is 3.76. The smallest absolute Gasteiger partial charge is 0.162 e. The van der Waals surface area contributed by atoms with E-state index >= 15 is 0 Å². The fourth-order valence-electron chi connectivity index (χ4n) is 2.08. The molecule has 2 aromatic rings. The molecule has 0 saturated carbocycles. The van der Waals surface area contributed by atoms with E-state index in [1.54, 1.807) is 36.7 Å². The van der Waals surface area contributed by atoms with Gasteiger partial charge in [0, 0.05) is 12.4 Å². The molecule has 104 valence electrons. The molecule has 0 saturated heterocycles. The predicted octanol–water partition coefficient (Wildman–Crippen LogP) is 3.48. The summed E-state index contributed by atoms with van der Waals surface area (Å²) in [6, 6.07) is 11.0. The van der Waals surface area contributed by atoms with Crippen molar-refractivity contribution >= 4 is 22.2 Å². The summed E-state index contributed by atoms with van der Waals surface area (Å²) in [6.45, 7) is 1.05. The maximum Gasteiger partial charge on any atom is 0.162 e. The highest BCUT2D eigenvalue weighted by Gasteiger charge is 2.15. The first-order valence-electron chi connectivity index (χ1n) is 6.40. The predicted molar refractivity (Wildman–Crippen MR) is 79.9 cm³/mol. The van der Waals surface area contributed by atoms with Gasteiger partial charge in [-0.25, -0.2) is 0 Å². The minimum atomic E-state index is 0.376. The van der Waals surface area contributed by atoms with Crippen LogP contribution in [0.2, 0.25) is 0 Å². The van der Waals surface area contributed by atoms with Gasteiger partial charge in [0.25, 0.3) is 0 Å². The monoisotopic (exact) mass is 298 g/mol. The molecule has 3 rings (SSSR count). The Morgan fingerprint density at radius 3 is 2.48 bits per heavy atom. The molecule has 1 aliphatic rings. The first-order chi connectivity index (χ1) is 10.3. The minimum Gasteiger partial charge on any atom is -0.486 e. The van der Waals surface area contributed by atoms with E-state index in [4.69, 9.17) is 21.1 Å². The number of ether oxygens (including phenoxy) is 2. The zero-order valence-electron chi connectivity index (χ0n) is 11.0. The van der Waals surface area contributed by atoms with E-state index in [1.165, 1.54) is 0 Å². The van der Waals surface area contributed by atoms with Gasteiger partial charge in [-0.05, 0) is 41.5 Å². The van der Waals surface area contributed by atoms with Gasteiger partial charge in [-0.1, -0.05) is 11.6 Å². The molecule has 0 spiro atoms. The molecule has 21 heavy (non-hydrogen) atoms. The number of nitriles is 1. The van der Waals surface area contributed by atoms with Crippen LogP contribution < -0.4 is 9.47 Å². The average Bonchev–Trinajstić information content (AvgIpc) is 2.56. The molecule has 5 heteroatoms. The summed E-state index contributed by atoms with van der Waals surface area (Å²) >= 11 is 6.39. The van der Waals surface area contributed by atoms with Crippen LogP contribution in [0.1, 0.15) is 11.1 Å². The molecule has 0 bridgehead atoms. The Hall–Kier alpha value is -2.51. The highest BCUT2D eigenvalue weighted by atomic mass is 35.5. The third-order valence-electron chi connectivity index (χ3n) is 3.10. The molecule has 1 aromatic carbocycles. The topological polar surface area (TPSA) is 55.1 Å². The SMILES string of the molecule is N#C/C(=C(/Cl)c1ccc2c(c1)OCCO2)c1ccncc1. The lowest BCUT2D eigenvalue weighted by Crippen LogP contribution is -2.15. The van der Waals surface area contributed by atoms with E-state index in [2.05, 4.69) is 11.1 Å². The third kappa shape index (κ3) is 2.69. The van der Waals surface area contributed by atoms with Crippen LogP contribution in [0.5, 0.6) is 11.5 Å². The summed E-state index contributed by atoms with van der Waals surface area (Å²) in [7, 11) is 0. The molecule has 1 aromatic heterocycles. The van der Waals surface area contributed by atoms with Crippen molar-refractivity contribution in [3.63, 3.8) is 0 Å². The van der Waals surface area contributed by atoms with E-state index in [1.807, 2.05) is 6.07 Å². The number of aromatic nitrogens is 1. The normalized spacial score (nSPS) is 14.1. The quantitative estimate of drug-likeness (QED) is 0.797. The number of hydrogen-bond donors (Lipinski definition) is 0. The van der Waals surface area contributed by atoms with Gasteiger partial charge >= 0.3 is 0 Å². The number of fused-ring (bicyclic) bond motifs is 1. The number of pyridine rings is 1. The Balaban J connectivity index is 2.06. The van der Waals surface area contributed by atoms with E-state index in [0.717, 1.165) is 5.56 Å². The Morgan fingerprint density at radius 1 is 1.05 bits per heavy atom. The van der Waals surface area contributed by atoms with Gasteiger partial charge in [0.15, 0.2) is 11.5 Å². The number of hydrogen-bond acceptors (Lipinski definition) is 4. The molecule has 0 aliphatic carbocycles. The summed E-state index contributed by atoms with van der Waals surface area (Å²) in [5, 5.41) is 9.76. The van der Waals surface area contributed by atoms with Crippen molar-refractivity contribution in [3.05, 3.63) is 53.9 Å². The van der Waals surface area contributed by atoms with Gasteiger partial charge in [-0.3, -0.25) is 4.98 Å². The number of allylic oxidation sites excluding steroid dienone is 1. The van der Waals surface area contributed by atoms with Crippen LogP contribution in [0, 0.1) is 11.3 Å². The van der Waals surface area contributed by atoms with Gasteiger partial charge in [0.1, 0.15) is 19.3 Å². The van der Waals surface area contributed by atoms with E-state index in [9.17, 15) is 5.26 Å². The maximum absolute atomic E-state index is 9.38. The first-order valence-corrected chi connectivity index (χ1v) is 6.77. The van der Waals surface area contributed by atoms with Gasteiger partial charge < -0.3 is 9.47 Å². The van der Waals surface area contributed by atoms with Crippen LogP contribution in [0.4, 0.5) is 0 Å². The lowest BCUT2D eigenvalue weighted by atomic mass is 10.0. The molecule has 0 fully saturated rings. The Labute approximate surface area is 127 Å². The molecule has 4 nitrogen and oxygen atoms in total. The highest BCUT2D eigenvalue weighted by molar-refractivity contribution is 6.53. The summed E-state index contributed by atoms with van der Waals surface area (Å²) in [5.41, 5.74) is 1.84. The highest BCUT2D eigenvalue weighted by Crippen LogP contribution is 2.36. The standard InChI is InChI=1S/C16H11ClN2O2/c17-16(13(10-18)11-3-5-19-6-4-11)12-1-2-14-15(9-12)21-8-7-20-14/h1-6,9H,7-8H2/b16-13-. The lowest BCUT2D eigenvalue weighted by Gasteiger charge is -2.19. The number of benzene rings is 1. The summed E-state index contributed by atoms with van der Waals surface area (Å²) < 4.78 is 11.0. The van der Waals surface area contributed by atoms with Crippen molar-refractivity contribution in [1.82, 2.24) is 4.98 Å². The Bertz CT molecular complexity index is 736. The molecular weight excluding hydrogens is 288 g/mol. The van der Waals surface area contributed by atoms with Crippen molar-refractivity contribution in [2.45, 2.75) is 0 Å². The third-order valence-corrected chi connectivity index (χ3v) is 3.50. The molecule has 0 amide bonds. The minimum absolute atomic E-state index is 0.376. The van der Waals surface area contributed by atoms with Crippen molar-refractivity contribution < 1.29 is 9.47 Å². The van der Waals surface area contributed by atoms with E-state index in [-0.39, 0.29) is 0 Å². The van der Waals surface area contributed by atoms with Crippen molar-refractivity contribution in [1.29, 1.82) is 5.26 Å². The second-order valence-corrected chi connectivity index (χ2v) is 4.77. The molecular formula is C16H11ClN2O2. The van der Waals surface area contributed by atoms with Gasteiger partial charge in [0.05, 0.1) is 10.6 Å². The number of rotatable bonds is 2. The zero-order valence-corrected chi connectivity index (χ0v) is 11.8. The van der Waals surface area contributed by atoms with Crippen LogP contribution in [-0.4, -0.2) is 18.2 Å². The molecule has 0 unspecified atom stereocenters. The summed E-state index contributed by atoms with van der Waals surface area (Å²) in [4.78, 5) is 3.94. The maximum atomic E-state index is 9.38. The van der Waals surface area contributed by atoms with Crippen molar-refractivity contribution in [2.24, 2.45) is 0 Å². The average molecular weight is 299 g/mol. The molecule has 2 heterocycles. The summed E-state index contributed by atoms with van der Waals surface area (Å²) in [5.74, 6) is 1.33. The van der Waals surface area contributed by atoms with Crippen LogP contribution in [0.15, 0.2) is 42.7 Å². The molecule has 0 radical (unpaired) electrons. The lowest BCUT2D eigenvalue weighted by molar-refractivity contribution is 0.171.